The second-order valence-electron chi connectivity index (χ2n) is 4.23. The Morgan fingerprint density at radius 2 is 2.15 bits per heavy atom. The topological polar surface area (TPSA) is 29.1 Å². The molecule has 2 aliphatic rings. The molecular weight excluding hydrogens is 209 g/mol. The van der Waals surface area contributed by atoms with Crippen LogP contribution >= 0.6 is 23.2 Å². The second-order valence-corrected chi connectivity index (χ2v) is 5.77. The van der Waals surface area contributed by atoms with Crippen LogP contribution in [0.5, 0.6) is 0 Å². The van der Waals surface area contributed by atoms with Crippen molar-refractivity contribution in [1.29, 1.82) is 0 Å². The van der Waals surface area contributed by atoms with Gasteiger partial charge in [-0.25, -0.2) is 0 Å². The molecule has 0 aromatic heterocycles. The SMILES string of the molecule is CC1CC1C(=O)NCC1CC1(Cl)Cl. The number of hydrogen-bond donors (Lipinski definition) is 1. The first-order chi connectivity index (χ1) is 6.00. The Labute approximate surface area is 88.0 Å². The van der Waals surface area contributed by atoms with Gasteiger partial charge < -0.3 is 5.32 Å². The van der Waals surface area contributed by atoms with E-state index >= 15 is 0 Å². The summed E-state index contributed by atoms with van der Waals surface area (Å²) in [5.41, 5.74) is 0. The van der Waals surface area contributed by atoms with Crippen LogP contribution in [0.1, 0.15) is 19.8 Å². The highest BCUT2D eigenvalue weighted by molar-refractivity contribution is 6.50. The average Bonchev–Trinajstić information content (AvgIpc) is 2.87. The fourth-order valence-corrected chi connectivity index (χ4v) is 2.06. The summed E-state index contributed by atoms with van der Waals surface area (Å²) in [5.74, 6) is 1.24. The third kappa shape index (κ3) is 2.10. The minimum atomic E-state index is -0.567. The van der Waals surface area contributed by atoms with Crippen LogP contribution in [0.4, 0.5) is 0 Å². The summed E-state index contributed by atoms with van der Waals surface area (Å²) in [7, 11) is 0. The Balaban J connectivity index is 1.66. The van der Waals surface area contributed by atoms with Gasteiger partial charge in [-0.15, -0.1) is 23.2 Å². The monoisotopic (exact) mass is 221 g/mol. The lowest BCUT2D eigenvalue weighted by molar-refractivity contribution is -0.122. The van der Waals surface area contributed by atoms with E-state index < -0.39 is 4.33 Å². The highest BCUT2D eigenvalue weighted by Crippen LogP contribution is 2.52. The summed E-state index contributed by atoms with van der Waals surface area (Å²) in [4.78, 5) is 11.4. The predicted octanol–water partition coefficient (Wildman–Crippen LogP) is 1.95. The van der Waals surface area contributed by atoms with Crippen LogP contribution in [0.15, 0.2) is 0 Å². The van der Waals surface area contributed by atoms with Gasteiger partial charge in [-0.1, -0.05) is 6.92 Å². The summed E-state index contributed by atoms with van der Waals surface area (Å²) >= 11 is 11.7. The summed E-state index contributed by atoms with van der Waals surface area (Å²) in [6.45, 7) is 2.73. The summed E-state index contributed by atoms with van der Waals surface area (Å²) in [6, 6.07) is 0. The molecule has 13 heavy (non-hydrogen) atoms. The van der Waals surface area contributed by atoms with Crippen molar-refractivity contribution in [3.63, 3.8) is 0 Å². The van der Waals surface area contributed by atoms with E-state index in [0.717, 1.165) is 12.8 Å². The first-order valence-corrected chi connectivity index (χ1v) is 5.42. The van der Waals surface area contributed by atoms with Gasteiger partial charge in [0.2, 0.25) is 5.91 Å². The van der Waals surface area contributed by atoms with Gasteiger partial charge in [0, 0.05) is 18.4 Å². The largest absolute Gasteiger partial charge is 0.355 e. The van der Waals surface area contributed by atoms with E-state index in [9.17, 15) is 4.79 Å². The molecule has 2 fully saturated rings. The molecule has 0 bridgehead atoms. The zero-order valence-corrected chi connectivity index (χ0v) is 9.03. The Hall–Kier alpha value is 0.0500. The fourth-order valence-electron chi connectivity index (χ4n) is 1.53. The van der Waals surface area contributed by atoms with E-state index in [1.165, 1.54) is 0 Å². The third-order valence-electron chi connectivity index (χ3n) is 2.92. The molecule has 2 aliphatic carbocycles. The Kier molecular flexibility index (Phi) is 2.23. The third-order valence-corrected chi connectivity index (χ3v) is 3.85. The molecule has 0 aliphatic heterocycles. The maximum Gasteiger partial charge on any atom is 0.223 e. The van der Waals surface area contributed by atoms with E-state index in [0.29, 0.717) is 12.5 Å². The van der Waals surface area contributed by atoms with Crippen LogP contribution < -0.4 is 5.32 Å². The molecule has 0 radical (unpaired) electrons. The number of alkyl halides is 2. The van der Waals surface area contributed by atoms with E-state index in [2.05, 4.69) is 12.2 Å². The standard InChI is InChI=1S/C9H13Cl2NO/c1-5-2-7(5)8(13)12-4-6-3-9(6,10)11/h5-7H,2-4H2,1H3,(H,12,13). The van der Waals surface area contributed by atoms with Crippen molar-refractivity contribution in [2.45, 2.75) is 24.1 Å². The van der Waals surface area contributed by atoms with Crippen LogP contribution in [-0.2, 0) is 4.79 Å². The van der Waals surface area contributed by atoms with Gasteiger partial charge in [0.25, 0.3) is 0 Å². The Morgan fingerprint density at radius 1 is 1.62 bits per heavy atom. The number of amides is 1. The van der Waals surface area contributed by atoms with Crippen LogP contribution in [0.25, 0.3) is 0 Å². The van der Waals surface area contributed by atoms with Crippen molar-refractivity contribution < 1.29 is 4.79 Å². The fraction of sp³-hybridized carbons (Fsp3) is 0.889. The molecule has 0 spiro atoms. The molecule has 4 heteroatoms. The molecular formula is C9H13Cl2NO. The van der Waals surface area contributed by atoms with E-state index in [4.69, 9.17) is 23.2 Å². The van der Waals surface area contributed by atoms with Gasteiger partial charge >= 0.3 is 0 Å². The normalized spacial score (nSPS) is 39.8. The van der Waals surface area contributed by atoms with E-state index in [-0.39, 0.29) is 17.7 Å². The first-order valence-electron chi connectivity index (χ1n) is 4.66. The molecule has 1 amide bonds. The number of hydrogen-bond acceptors (Lipinski definition) is 1. The van der Waals surface area contributed by atoms with Crippen molar-refractivity contribution in [3.8, 4) is 0 Å². The molecule has 2 saturated carbocycles. The smallest absolute Gasteiger partial charge is 0.223 e. The Bertz CT molecular complexity index is 242. The van der Waals surface area contributed by atoms with Gasteiger partial charge in [-0.2, -0.15) is 0 Å². The lowest BCUT2D eigenvalue weighted by Crippen LogP contribution is -2.28. The highest BCUT2D eigenvalue weighted by atomic mass is 35.5. The maximum atomic E-state index is 11.4. The minimum absolute atomic E-state index is 0.170. The number of rotatable bonds is 3. The summed E-state index contributed by atoms with van der Waals surface area (Å²) < 4.78 is -0.567. The average molecular weight is 222 g/mol. The molecule has 0 heterocycles. The van der Waals surface area contributed by atoms with Crippen LogP contribution in [0.2, 0.25) is 0 Å². The number of nitrogens with one attached hydrogen (secondary N) is 1. The summed E-state index contributed by atoms with van der Waals surface area (Å²) in [6.07, 6.45) is 1.83. The van der Waals surface area contributed by atoms with Crippen molar-refractivity contribution in [2.24, 2.45) is 17.8 Å². The minimum Gasteiger partial charge on any atom is -0.355 e. The van der Waals surface area contributed by atoms with Gasteiger partial charge in [0.05, 0.1) is 0 Å². The molecule has 0 aromatic rings. The van der Waals surface area contributed by atoms with Crippen LogP contribution in [-0.4, -0.2) is 16.8 Å². The maximum absolute atomic E-state index is 11.4. The van der Waals surface area contributed by atoms with Gasteiger partial charge in [-0.3, -0.25) is 4.79 Å². The lowest BCUT2D eigenvalue weighted by atomic mass is 10.3. The van der Waals surface area contributed by atoms with Crippen molar-refractivity contribution in [2.75, 3.05) is 6.54 Å². The van der Waals surface area contributed by atoms with Crippen LogP contribution in [0.3, 0.4) is 0 Å². The molecule has 3 atom stereocenters. The zero-order valence-electron chi connectivity index (χ0n) is 7.52. The van der Waals surface area contributed by atoms with E-state index in [1.54, 1.807) is 0 Å². The van der Waals surface area contributed by atoms with Crippen molar-refractivity contribution in [1.82, 2.24) is 5.32 Å². The van der Waals surface area contributed by atoms with Crippen molar-refractivity contribution >= 4 is 29.1 Å². The Morgan fingerprint density at radius 3 is 2.54 bits per heavy atom. The molecule has 1 N–H and O–H groups in total. The number of carbonyl (C=O) groups excluding carboxylic acids is 1. The zero-order chi connectivity index (χ0) is 9.64. The molecule has 0 aromatic carbocycles. The number of carbonyl (C=O) groups is 1. The summed E-state index contributed by atoms with van der Waals surface area (Å²) in [5, 5.41) is 2.88. The quantitative estimate of drug-likeness (QED) is 0.726. The molecule has 0 saturated heterocycles. The van der Waals surface area contributed by atoms with Gasteiger partial charge in [0.1, 0.15) is 4.33 Å². The van der Waals surface area contributed by atoms with Gasteiger partial charge in [-0.05, 0) is 18.8 Å². The molecule has 2 rings (SSSR count). The first kappa shape index (κ1) is 9.60. The highest BCUT2D eigenvalue weighted by Gasteiger charge is 2.51. The molecule has 3 unspecified atom stereocenters. The second kappa shape index (κ2) is 3.03. The number of halogens is 2. The van der Waals surface area contributed by atoms with Gasteiger partial charge in [0.15, 0.2) is 0 Å². The van der Waals surface area contributed by atoms with Crippen LogP contribution in [0, 0.1) is 17.8 Å². The van der Waals surface area contributed by atoms with E-state index in [1.807, 2.05) is 0 Å². The predicted molar refractivity (Wildman–Crippen MR) is 52.8 cm³/mol. The molecule has 74 valence electrons. The lowest BCUT2D eigenvalue weighted by Gasteiger charge is -2.03. The molecule has 2 nitrogen and oxygen atoms in total. The van der Waals surface area contributed by atoms with Crippen molar-refractivity contribution in [3.05, 3.63) is 0 Å².